The molecule has 0 atom stereocenters. The van der Waals surface area contributed by atoms with Gasteiger partial charge in [-0.3, -0.25) is 0 Å². The maximum Gasteiger partial charge on any atom is 0.218 e. The van der Waals surface area contributed by atoms with E-state index >= 15 is 0 Å². The van der Waals surface area contributed by atoms with Crippen molar-refractivity contribution in [3.05, 3.63) is 52.7 Å². The van der Waals surface area contributed by atoms with Gasteiger partial charge in [-0.2, -0.15) is 10.4 Å². The summed E-state index contributed by atoms with van der Waals surface area (Å²) in [7, 11) is -3.33. The molecule has 1 aliphatic heterocycles. The number of nitrogens with zero attached hydrogens (tertiary/aromatic N) is 4. The Morgan fingerprint density at radius 1 is 1.19 bits per heavy atom. The average Bonchev–Trinajstić information content (AvgIpc) is 2.66. The highest BCUT2D eigenvalue weighted by atomic mass is 32.2. The minimum absolute atomic E-state index is 0.0210. The zero-order valence-corrected chi connectivity index (χ0v) is 16.3. The first-order chi connectivity index (χ1) is 12.9. The van der Waals surface area contributed by atoms with Crippen LogP contribution in [0.2, 0.25) is 0 Å². The molecule has 0 aliphatic carbocycles. The number of rotatable bonds is 5. The molecular weight excluding hydrogens is 362 g/mol. The number of benzene rings is 1. The van der Waals surface area contributed by atoms with Gasteiger partial charge in [-0.1, -0.05) is 30.3 Å². The van der Waals surface area contributed by atoms with Gasteiger partial charge >= 0.3 is 0 Å². The van der Waals surface area contributed by atoms with Crippen molar-refractivity contribution < 1.29 is 8.42 Å². The second-order valence-corrected chi connectivity index (χ2v) is 8.77. The van der Waals surface area contributed by atoms with Gasteiger partial charge in [0.2, 0.25) is 10.0 Å². The molecule has 0 bridgehead atoms. The lowest BCUT2D eigenvalue weighted by atomic mass is 10.1. The Bertz CT molecular complexity index is 946. The molecule has 7 nitrogen and oxygen atoms in total. The molecule has 1 aromatic heterocycles. The number of aryl methyl sites for hydroxylation is 1. The minimum atomic E-state index is -3.33. The first kappa shape index (κ1) is 19.3. The zero-order valence-electron chi connectivity index (χ0n) is 15.5. The fraction of sp³-hybridized carbons (Fsp3) is 0.421. The lowest BCUT2D eigenvalue weighted by Crippen LogP contribution is -2.43. The van der Waals surface area contributed by atoms with Gasteiger partial charge in [0, 0.05) is 19.1 Å². The van der Waals surface area contributed by atoms with Crippen LogP contribution < -0.4 is 5.32 Å². The van der Waals surface area contributed by atoms with Gasteiger partial charge < -0.3 is 5.32 Å². The minimum Gasteiger partial charge on any atom is -0.365 e. The van der Waals surface area contributed by atoms with Gasteiger partial charge in [0.15, 0.2) is 5.82 Å². The smallest absolute Gasteiger partial charge is 0.218 e. The van der Waals surface area contributed by atoms with E-state index in [9.17, 15) is 13.7 Å². The summed E-state index contributed by atoms with van der Waals surface area (Å²) in [5.41, 5.74) is 2.85. The van der Waals surface area contributed by atoms with Crippen molar-refractivity contribution in [3.63, 3.8) is 0 Å². The van der Waals surface area contributed by atoms with E-state index in [0.29, 0.717) is 37.3 Å². The molecule has 1 aromatic carbocycles. The standard InChI is InChI=1S/C19H23N5O2S/c1-14-15(2)22-23-19(18(14)12-20)21-17-8-10-24(11-9-17)27(25,26)13-16-6-4-3-5-7-16/h3-7,17H,8-11,13H2,1-2H3,(H,21,23). The van der Waals surface area contributed by atoms with Crippen molar-refractivity contribution in [2.75, 3.05) is 18.4 Å². The summed E-state index contributed by atoms with van der Waals surface area (Å²) >= 11 is 0. The summed E-state index contributed by atoms with van der Waals surface area (Å²) in [6.07, 6.45) is 1.32. The number of aromatic nitrogens is 2. The lowest BCUT2D eigenvalue weighted by Gasteiger charge is -2.32. The number of nitriles is 1. The first-order valence-corrected chi connectivity index (χ1v) is 10.5. The number of hydrogen-bond donors (Lipinski definition) is 1. The van der Waals surface area contributed by atoms with Crippen molar-refractivity contribution in [1.29, 1.82) is 5.26 Å². The summed E-state index contributed by atoms with van der Waals surface area (Å²) in [5.74, 6) is 0.499. The lowest BCUT2D eigenvalue weighted by molar-refractivity contribution is 0.329. The van der Waals surface area contributed by atoms with Crippen molar-refractivity contribution in [2.45, 2.75) is 38.5 Å². The van der Waals surface area contributed by atoms with E-state index in [1.165, 1.54) is 0 Å². The summed E-state index contributed by atoms with van der Waals surface area (Å²) < 4.78 is 26.8. The second kappa shape index (κ2) is 8.03. The van der Waals surface area contributed by atoms with Crippen LogP contribution in [0.3, 0.4) is 0 Å². The average molecular weight is 385 g/mol. The van der Waals surface area contributed by atoms with Crippen molar-refractivity contribution in [2.24, 2.45) is 0 Å². The molecule has 0 radical (unpaired) electrons. The number of hydrogen-bond acceptors (Lipinski definition) is 6. The van der Waals surface area contributed by atoms with Crippen LogP contribution in [0.1, 0.15) is 35.2 Å². The summed E-state index contributed by atoms with van der Waals surface area (Å²) in [6, 6.07) is 11.5. The van der Waals surface area contributed by atoms with Crippen molar-refractivity contribution >= 4 is 15.8 Å². The van der Waals surface area contributed by atoms with Crippen LogP contribution in [-0.4, -0.2) is 42.1 Å². The van der Waals surface area contributed by atoms with Crippen molar-refractivity contribution in [1.82, 2.24) is 14.5 Å². The fourth-order valence-electron chi connectivity index (χ4n) is 3.19. The summed E-state index contributed by atoms with van der Waals surface area (Å²) in [4.78, 5) is 0. The van der Waals surface area contributed by atoms with Crippen LogP contribution in [0.5, 0.6) is 0 Å². The molecule has 1 fully saturated rings. The molecule has 0 unspecified atom stereocenters. The van der Waals surface area contributed by atoms with E-state index < -0.39 is 10.0 Å². The Kier molecular flexibility index (Phi) is 5.73. The monoisotopic (exact) mass is 385 g/mol. The summed E-state index contributed by atoms with van der Waals surface area (Å²) in [6.45, 7) is 4.58. The highest BCUT2D eigenvalue weighted by Gasteiger charge is 2.28. The maximum absolute atomic E-state index is 12.6. The van der Waals surface area contributed by atoms with Crippen LogP contribution in [0, 0.1) is 25.2 Å². The van der Waals surface area contributed by atoms with Gasteiger partial charge in [0.1, 0.15) is 11.6 Å². The predicted octanol–water partition coefficient (Wildman–Crippen LogP) is 2.37. The topological polar surface area (TPSA) is 99.0 Å². The number of piperidine rings is 1. The van der Waals surface area contributed by atoms with Crippen LogP contribution >= 0.6 is 0 Å². The molecule has 142 valence electrons. The molecule has 0 amide bonds. The molecule has 1 aliphatic rings. The quantitative estimate of drug-likeness (QED) is 0.848. The SMILES string of the molecule is Cc1nnc(NC2CCN(S(=O)(=O)Cc3ccccc3)CC2)c(C#N)c1C. The van der Waals surface area contributed by atoms with E-state index in [1.807, 2.05) is 44.2 Å². The Hall–Kier alpha value is -2.50. The normalized spacial score (nSPS) is 16.0. The first-order valence-electron chi connectivity index (χ1n) is 8.93. The second-order valence-electron chi connectivity index (χ2n) is 6.81. The maximum atomic E-state index is 12.6. The Labute approximate surface area is 160 Å². The molecule has 1 N–H and O–H groups in total. The van der Waals surface area contributed by atoms with Gasteiger partial charge in [-0.25, -0.2) is 12.7 Å². The zero-order chi connectivity index (χ0) is 19.4. The van der Waals surface area contributed by atoms with E-state index in [1.54, 1.807) is 4.31 Å². The van der Waals surface area contributed by atoms with Gasteiger partial charge in [0.05, 0.1) is 11.4 Å². The molecule has 3 rings (SSSR count). The van der Waals surface area contributed by atoms with Crippen molar-refractivity contribution in [3.8, 4) is 6.07 Å². The number of anilines is 1. The third kappa shape index (κ3) is 4.43. The molecule has 8 heteroatoms. The van der Waals surface area contributed by atoms with Gasteiger partial charge in [-0.15, -0.1) is 5.10 Å². The molecule has 27 heavy (non-hydrogen) atoms. The molecule has 2 heterocycles. The summed E-state index contributed by atoms with van der Waals surface area (Å²) in [5, 5.41) is 20.9. The molecular formula is C19H23N5O2S. The highest BCUT2D eigenvalue weighted by Crippen LogP contribution is 2.23. The largest absolute Gasteiger partial charge is 0.365 e. The molecule has 2 aromatic rings. The van der Waals surface area contributed by atoms with Crippen LogP contribution in [-0.2, 0) is 15.8 Å². The Morgan fingerprint density at radius 3 is 2.48 bits per heavy atom. The number of nitrogens with one attached hydrogen (secondary N) is 1. The molecule has 0 spiro atoms. The number of sulfonamides is 1. The van der Waals surface area contributed by atoms with Crippen LogP contribution in [0.4, 0.5) is 5.82 Å². The van der Waals surface area contributed by atoms with E-state index in [0.717, 1.165) is 16.8 Å². The Morgan fingerprint density at radius 2 is 1.85 bits per heavy atom. The van der Waals surface area contributed by atoms with E-state index in [-0.39, 0.29) is 11.8 Å². The third-order valence-corrected chi connectivity index (χ3v) is 6.80. The van der Waals surface area contributed by atoms with Gasteiger partial charge in [-0.05, 0) is 37.8 Å². The van der Waals surface area contributed by atoms with Gasteiger partial charge in [0.25, 0.3) is 0 Å². The molecule has 0 saturated carbocycles. The predicted molar refractivity (Wildman–Crippen MR) is 104 cm³/mol. The van der Waals surface area contributed by atoms with Crippen LogP contribution in [0.25, 0.3) is 0 Å². The van der Waals surface area contributed by atoms with E-state index in [4.69, 9.17) is 0 Å². The Balaban J connectivity index is 1.63. The van der Waals surface area contributed by atoms with E-state index in [2.05, 4.69) is 21.6 Å². The van der Waals surface area contributed by atoms with Crippen LogP contribution in [0.15, 0.2) is 30.3 Å². The molecule has 1 saturated heterocycles. The highest BCUT2D eigenvalue weighted by molar-refractivity contribution is 7.88. The fourth-order valence-corrected chi connectivity index (χ4v) is 4.76. The third-order valence-electron chi connectivity index (χ3n) is 4.95.